The van der Waals surface area contributed by atoms with Gasteiger partial charge >= 0.3 is 5.97 Å². The number of esters is 1. The predicted octanol–water partition coefficient (Wildman–Crippen LogP) is 4.18. The molecule has 0 bridgehead atoms. The number of aromatic nitrogens is 3. The molecular weight excluding hydrogens is 411 g/mol. The Morgan fingerprint density at radius 1 is 1.12 bits per heavy atom. The van der Waals surface area contributed by atoms with Gasteiger partial charge in [0.1, 0.15) is 11.4 Å². The fourth-order valence-electron chi connectivity index (χ4n) is 4.56. The first-order valence-corrected chi connectivity index (χ1v) is 10.5. The highest BCUT2D eigenvalue weighted by molar-refractivity contribution is 5.94. The molecule has 7 nitrogen and oxygen atoms in total. The first-order chi connectivity index (χ1) is 15.4. The van der Waals surface area contributed by atoms with Gasteiger partial charge in [-0.05, 0) is 50.8 Å². The van der Waals surface area contributed by atoms with Gasteiger partial charge in [-0.2, -0.15) is 0 Å². The highest BCUT2D eigenvalue weighted by Gasteiger charge is 2.48. The lowest BCUT2D eigenvalue weighted by Crippen LogP contribution is -2.36. The van der Waals surface area contributed by atoms with E-state index in [1.165, 1.54) is 24.7 Å². The largest absolute Gasteiger partial charge is 0.451 e. The quantitative estimate of drug-likeness (QED) is 0.624. The van der Waals surface area contributed by atoms with Crippen LogP contribution in [0.1, 0.15) is 47.2 Å². The summed E-state index contributed by atoms with van der Waals surface area (Å²) in [6, 6.07) is 6.67. The van der Waals surface area contributed by atoms with Gasteiger partial charge in [-0.25, -0.2) is 19.2 Å². The monoisotopic (exact) mass is 432 g/mol. The molecular formula is C24H21FN4O3. The molecule has 0 saturated heterocycles. The highest BCUT2D eigenvalue weighted by atomic mass is 19.1. The molecule has 8 heteroatoms. The summed E-state index contributed by atoms with van der Waals surface area (Å²) in [5, 5.41) is 2.75. The van der Waals surface area contributed by atoms with Crippen LogP contribution in [0.25, 0.3) is 11.1 Å². The van der Waals surface area contributed by atoms with Gasteiger partial charge in [0.15, 0.2) is 0 Å². The maximum Gasteiger partial charge on any atom is 0.341 e. The molecule has 162 valence electrons. The Hall–Kier alpha value is -3.68. The zero-order chi connectivity index (χ0) is 22.3. The van der Waals surface area contributed by atoms with Crippen LogP contribution < -0.4 is 5.32 Å². The summed E-state index contributed by atoms with van der Waals surface area (Å²) in [4.78, 5) is 37.3. The van der Waals surface area contributed by atoms with Crippen molar-refractivity contribution in [2.75, 3.05) is 5.32 Å². The molecule has 1 aliphatic carbocycles. The molecule has 3 aromatic rings. The number of nitrogens with zero attached hydrogens (tertiary/aromatic N) is 3. The van der Waals surface area contributed by atoms with E-state index < -0.39 is 5.60 Å². The molecule has 0 unspecified atom stereocenters. The zero-order valence-corrected chi connectivity index (χ0v) is 17.5. The van der Waals surface area contributed by atoms with E-state index in [9.17, 15) is 14.0 Å². The number of fused-ring (bicyclic) bond motifs is 2. The van der Waals surface area contributed by atoms with Crippen LogP contribution >= 0.6 is 0 Å². The van der Waals surface area contributed by atoms with Crippen molar-refractivity contribution in [2.24, 2.45) is 5.92 Å². The van der Waals surface area contributed by atoms with Gasteiger partial charge in [0.25, 0.3) is 0 Å². The number of halogens is 1. The third-order valence-corrected chi connectivity index (χ3v) is 6.30. The number of pyridine rings is 1. The zero-order valence-electron chi connectivity index (χ0n) is 17.5. The van der Waals surface area contributed by atoms with Crippen molar-refractivity contribution in [1.82, 2.24) is 15.0 Å². The van der Waals surface area contributed by atoms with Crippen molar-refractivity contribution in [2.45, 2.75) is 38.2 Å². The second-order valence-corrected chi connectivity index (χ2v) is 8.35. The topological polar surface area (TPSA) is 94.1 Å². The lowest BCUT2D eigenvalue weighted by molar-refractivity contribution is -0.122. The molecule has 1 amide bonds. The molecule has 3 heterocycles. The molecule has 2 aliphatic rings. The van der Waals surface area contributed by atoms with Gasteiger partial charge < -0.3 is 4.74 Å². The molecule has 2 aromatic heterocycles. The number of ether oxygens (including phenoxy) is 1. The average molecular weight is 432 g/mol. The summed E-state index contributed by atoms with van der Waals surface area (Å²) in [6.07, 6.45) is 8.49. The third-order valence-electron chi connectivity index (χ3n) is 6.30. The van der Waals surface area contributed by atoms with E-state index in [1.807, 2.05) is 13.0 Å². The standard InChI is InChI=1S/C24H21FN4O3/c1-14-2-3-20(25)17(10-14)16-11-27-23(28-12-16)29-21(30)15-4-7-24(8-5-15)19-6-9-26-13-18(19)22(31)32-24/h2-3,6,9-13,15H,4-5,7-8H2,1H3,(H,27,28,29,30). The number of benzene rings is 1. The van der Waals surface area contributed by atoms with E-state index in [4.69, 9.17) is 4.74 Å². The minimum atomic E-state index is -0.665. The summed E-state index contributed by atoms with van der Waals surface area (Å²) in [5.41, 5.74) is 2.60. The summed E-state index contributed by atoms with van der Waals surface area (Å²) in [5.74, 6) is -0.932. The first kappa shape index (κ1) is 20.2. The van der Waals surface area contributed by atoms with Crippen molar-refractivity contribution in [3.05, 3.63) is 71.6 Å². The predicted molar refractivity (Wildman–Crippen MR) is 114 cm³/mol. The molecule has 0 atom stereocenters. The van der Waals surface area contributed by atoms with Crippen LogP contribution in [-0.4, -0.2) is 26.8 Å². The van der Waals surface area contributed by atoms with Crippen molar-refractivity contribution >= 4 is 17.8 Å². The van der Waals surface area contributed by atoms with E-state index in [1.54, 1.807) is 18.3 Å². The number of aryl methyl sites for hydroxylation is 1. The summed E-state index contributed by atoms with van der Waals surface area (Å²) in [6.45, 7) is 1.88. The number of anilines is 1. The lowest BCUT2D eigenvalue weighted by Gasteiger charge is -2.35. The first-order valence-electron chi connectivity index (χ1n) is 10.5. The Kier molecular flexibility index (Phi) is 4.92. The number of carbonyl (C=O) groups is 2. The fraction of sp³-hybridized carbons (Fsp3) is 0.292. The Morgan fingerprint density at radius 2 is 1.88 bits per heavy atom. The second kappa shape index (κ2) is 7.78. The van der Waals surface area contributed by atoms with Crippen molar-refractivity contribution in [3.63, 3.8) is 0 Å². The molecule has 32 heavy (non-hydrogen) atoms. The molecule has 5 rings (SSSR count). The number of hydrogen-bond acceptors (Lipinski definition) is 6. The second-order valence-electron chi connectivity index (χ2n) is 8.35. The van der Waals surface area contributed by atoms with Crippen LogP contribution in [0, 0.1) is 18.7 Å². The minimum absolute atomic E-state index is 0.173. The van der Waals surface area contributed by atoms with Gasteiger partial charge in [0, 0.05) is 47.4 Å². The molecule has 1 saturated carbocycles. The Labute approximate surface area is 184 Å². The van der Waals surface area contributed by atoms with Crippen molar-refractivity contribution in [3.8, 4) is 11.1 Å². The average Bonchev–Trinajstić information content (AvgIpc) is 3.08. The molecule has 1 fully saturated rings. The van der Waals surface area contributed by atoms with Gasteiger partial charge in [-0.3, -0.25) is 15.1 Å². The summed E-state index contributed by atoms with van der Waals surface area (Å²) < 4.78 is 19.8. The smallest absolute Gasteiger partial charge is 0.341 e. The Morgan fingerprint density at radius 3 is 2.62 bits per heavy atom. The van der Waals surface area contributed by atoms with Crippen molar-refractivity contribution < 1.29 is 18.7 Å². The van der Waals surface area contributed by atoms with E-state index in [0.29, 0.717) is 42.4 Å². The van der Waals surface area contributed by atoms with Crippen LogP contribution in [-0.2, 0) is 15.1 Å². The van der Waals surface area contributed by atoms with Gasteiger partial charge in [-0.15, -0.1) is 0 Å². The number of nitrogens with one attached hydrogen (secondary N) is 1. The number of carbonyl (C=O) groups excluding carboxylic acids is 2. The molecule has 1 aromatic carbocycles. The Bertz CT molecular complexity index is 1200. The molecule has 1 spiro atoms. The van der Waals surface area contributed by atoms with Crippen LogP contribution in [0.3, 0.4) is 0 Å². The van der Waals surface area contributed by atoms with Gasteiger partial charge in [-0.1, -0.05) is 11.6 Å². The number of amides is 1. The minimum Gasteiger partial charge on any atom is -0.451 e. The molecule has 0 radical (unpaired) electrons. The van der Waals surface area contributed by atoms with E-state index in [0.717, 1.165) is 11.1 Å². The van der Waals surface area contributed by atoms with Crippen LogP contribution in [0.5, 0.6) is 0 Å². The van der Waals surface area contributed by atoms with E-state index in [-0.39, 0.29) is 29.6 Å². The third kappa shape index (κ3) is 3.51. The highest BCUT2D eigenvalue weighted by Crippen LogP contribution is 2.47. The maximum absolute atomic E-state index is 14.1. The van der Waals surface area contributed by atoms with Gasteiger partial charge in [0.05, 0.1) is 5.56 Å². The van der Waals surface area contributed by atoms with Gasteiger partial charge in [0.2, 0.25) is 11.9 Å². The molecule has 1 N–H and O–H groups in total. The van der Waals surface area contributed by atoms with Crippen LogP contribution in [0.15, 0.2) is 49.1 Å². The van der Waals surface area contributed by atoms with Crippen LogP contribution in [0.4, 0.5) is 10.3 Å². The van der Waals surface area contributed by atoms with E-state index in [2.05, 4.69) is 20.3 Å². The normalized spacial score (nSPS) is 21.8. The van der Waals surface area contributed by atoms with E-state index >= 15 is 0 Å². The number of hydrogen-bond donors (Lipinski definition) is 1. The van der Waals surface area contributed by atoms with Crippen molar-refractivity contribution in [1.29, 1.82) is 0 Å². The summed E-state index contributed by atoms with van der Waals surface area (Å²) in [7, 11) is 0. The number of rotatable bonds is 3. The fourth-order valence-corrected chi connectivity index (χ4v) is 4.56. The lowest BCUT2D eigenvalue weighted by atomic mass is 9.75. The maximum atomic E-state index is 14.1. The SMILES string of the molecule is Cc1ccc(F)c(-c2cnc(NC(=O)C3CCC4(CC3)OC(=O)c3cnccc34)nc2)c1. The summed E-state index contributed by atoms with van der Waals surface area (Å²) >= 11 is 0. The molecule has 1 aliphatic heterocycles. The van der Waals surface area contributed by atoms with Crippen LogP contribution in [0.2, 0.25) is 0 Å². The Balaban J connectivity index is 1.24.